The monoisotopic (exact) mass is 208 g/mol. The average molecular weight is 208 g/mol. The van der Waals surface area contributed by atoms with Gasteiger partial charge >= 0.3 is 0 Å². The molecule has 0 bridgehead atoms. The number of aliphatic hydroxyl groups is 1. The summed E-state index contributed by atoms with van der Waals surface area (Å²) in [6.45, 7) is 1.64. The van der Waals surface area contributed by atoms with E-state index >= 15 is 0 Å². The van der Waals surface area contributed by atoms with Gasteiger partial charge in [-0.1, -0.05) is 19.1 Å². The number of ether oxygens (including phenoxy) is 1. The Morgan fingerprint density at radius 1 is 1.47 bits per heavy atom. The lowest BCUT2D eigenvalue weighted by molar-refractivity contribution is -0.121. The Morgan fingerprint density at radius 2 is 2.20 bits per heavy atom. The van der Waals surface area contributed by atoms with Crippen molar-refractivity contribution < 1.29 is 14.6 Å². The van der Waals surface area contributed by atoms with E-state index in [1.807, 2.05) is 25.1 Å². The number of hydrogen-bond donors (Lipinski definition) is 1. The molecule has 0 spiro atoms. The Hall–Kier alpha value is -1.35. The van der Waals surface area contributed by atoms with Gasteiger partial charge in [-0.05, 0) is 23.6 Å². The lowest BCUT2D eigenvalue weighted by Gasteiger charge is -2.08. The van der Waals surface area contributed by atoms with Crippen molar-refractivity contribution in [1.82, 2.24) is 0 Å². The van der Waals surface area contributed by atoms with Gasteiger partial charge in [-0.15, -0.1) is 0 Å². The molecule has 0 aromatic heterocycles. The summed E-state index contributed by atoms with van der Waals surface area (Å²) in [4.78, 5) is 11.1. The number of benzene rings is 1. The first kappa shape index (κ1) is 11.7. The molecule has 1 N–H and O–H groups in total. The second-order valence-corrected chi connectivity index (χ2v) is 3.37. The average Bonchev–Trinajstić information content (AvgIpc) is 2.28. The maximum absolute atomic E-state index is 11.1. The highest BCUT2D eigenvalue weighted by atomic mass is 16.5. The molecule has 3 heteroatoms. The molecule has 0 unspecified atom stereocenters. The minimum Gasteiger partial charge on any atom is -0.496 e. The number of aryl methyl sites for hydroxylation is 1. The van der Waals surface area contributed by atoms with E-state index in [1.165, 1.54) is 0 Å². The van der Waals surface area contributed by atoms with Gasteiger partial charge in [0.25, 0.3) is 0 Å². The third kappa shape index (κ3) is 3.06. The predicted octanol–water partition coefficient (Wildman–Crippen LogP) is 1.36. The molecule has 0 aliphatic heterocycles. The van der Waals surface area contributed by atoms with Crippen LogP contribution in [0.5, 0.6) is 5.75 Å². The van der Waals surface area contributed by atoms with Crippen LogP contribution in [0.4, 0.5) is 0 Å². The Morgan fingerprint density at radius 3 is 2.73 bits per heavy atom. The van der Waals surface area contributed by atoms with Crippen LogP contribution in [-0.2, 0) is 17.6 Å². The van der Waals surface area contributed by atoms with E-state index in [4.69, 9.17) is 9.84 Å². The highest BCUT2D eigenvalue weighted by molar-refractivity contribution is 5.81. The summed E-state index contributed by atoms with van der Waals surface area (Å²) in [6, 6.07) is 5.66. The maximum atomic E-state index is 11.1. The van der Waals surface area contributed by atoms with Crippen molar-refractivity contribution >= 4 is 5.78 Å². The van der Waals surface area contributed by atoms with Gasteiger partial charge in [-0.2, -0.15) is 0 Å². The molecule has 0 radical (unpaired) electrons. The van der Waals surface area contributed by atoms with Gasteiger partial charge in [-0.25, -0.2) is 0 Å². The first-order valence-corrected chi connectivity index (χ1v) is 4.99. The fourth-order valence-electron chi connectivity index (χ4n) is 1.50. The number of ketones is 1. The van der Waals surface area contributed by atoms with Crippen LogP contribution < -0.4 is 4.74 Å². The second-order valence-electron chi connectivity index (χ2n) is 3.37. The number of hydrogen-bond acceptors (Lipinski definition) is 3. The molecule has 0 amide bonds. The quantitative estimate of drug-likeness (QED) is 0.794. The molecule has 0 fully saturated rings. The fourth-order valence-corrected chi connectivity index (χ4v) is 1.50. The maximum Gasteiger partial charge on any atom is 0.162 e. The Bertz CT molecular complexity index is 345. The Kier molecular flexibility index (Phi) is 4.31. The van der Waals surface area contributed by atoms with Gasteiger partial charge in [-0.3, -0.25) is 4.79 Å². The normalized spacial score (nSPS) is 10.1. The highest BCUT2D eigenvalue weighted by Crippen LogP contribution is 2.20. The van der Waals surface area contributed by atoms with Gasteiger partial charge < -0.3 is 9.84 Å². The van der Waals surface area contributed by atoms with Crippen LogP contribution >= 0.6 is 0 Å². The van der Waals surface area contributed by atoms with E-state index in [-0.39, 0.29) is 12.2 Å². The molecule has 0 aliphatic rings. The van der Waals surface area contributed by atoms with Crippen molar-refractivity contribution in [2.45, 2.75) is 19.8 Å². The zero-order valence-electron chi connectivity index (χ0n) is 9.12. The van der Waals surface area contributed by atoms with Crippen molar-refractivity contribution in [2.24, 2.45) is 0 Å². The molecular weight excluding hydrogens is 192 g/mol. The highest BCUT2D eigenvalue weighted by Gasteiger charge is 2.05. The van der Waals surface area contributed by atoms with Gasteiger partial charge in [0.1, 0.15) is 12.4 Å². The first-order chi connectivity index (χ1) is 7.21. The van der Waals surface area contributed by atoms with Crippen LogP contribution in [0, 0.1) is 0 Å². The summed E-state index contributed by atoms with van der Waals surface area (Å²) in [5, 5.41) is 8.65. The van der Waals surface area contributed by atoms with Gasteiger partial charge in [0.2, 0.25) is 0 Å². The van der Waals surface area contributed by atoms with Crippen molar-refractivity contribution in [3.05, 3.63) is 29.3 Å². The number of methoxy groups -OCH3 is 1. The molecule has 15 heavy (non-hydrogen) atoms. The minimum atomic E-state index is -0.395. The van der Waals surface area contributed by atoms with Gasteiger partial charge in [0, 0.05) is 6.42 Å². The van der Waals surface area contributed by atoms with Crippen LogP contribution in [0.1, 0.15) is 18.1 Å². The van der Waals surface area contributed by atoms with Crippen LogP contribution in [0.3, 0.4) is 0 Å². The first-order valence-electron chi connectivity index (χ1n) is 4.99. The lowest BCUT2D eigenvalue weighted by Crippen LogP contribution is -2.07. The lowest BCUT2D eigenvalue weighted by atomic mass is 10.0. The van der Waals surface area contributed by atoms with E-state index in [0.29, 0.717) is 0 Å². The fraction of sp³-hybridized carbons (Fsp3) is 0.417. The Balaban J connectivity index is 2.88. The van der Waals surface area contributed by atoms with E-state index in [2.05, 4.69) is 0 Å². The van der Waals surface area contributed by atoms with E-state index in [1.54, 1.807) is 7.11 Å². The standard InChI is InChI=1S/C12H16O3/c1-3-10-6-9(7-11(14)8-13)4-5-12(10)15-2/h4-6,13H,3,7-8H2,1-2H3. The van der Waals surface area contributed by atoms with Crippen molar-refractivity contribution in [1.29, 1.82) is 0 Å². The minimum absolute atomic E-state index is 0.165. The molecule has 1 aromatic carbocycles. The number of carbonyl (C=O) groups is 1. The summed E-state index contributed by atoms with van der Waals surface area (Å²) in [6.07, 6.45) is 1.15. The van der Waals surface area contributed by atoms with Crippen molar-refractivity contribution in [3.8, 4) is 5.75 Å². The molecule has 3 nitrogen and oxygen atoms in total. The third-order valence-corrected chi connectivity index (χ3v) is 2.30. The third-order valence-electron chi connectivity index (χ3n) is 2.30. The molecular formula is C12H16O3. The van der Waals surface area contributed by atoms with E-state index < -0.39 is 6.61 Å². The molecule has 0 saturated heterocycles. The van der Waals surface area contributed by atoms with Crippen LogP contribution in [0.15, 0.2) is 18.2 Å². The topological polar surface area (TPSA) is 46.5 Å². The molecule has 1 aromatic rings. The zero-order chi connectivity index (χ0) is 11.3. The summed E-state index contributed by atoms with van der Waals surface area (Å²) < 4.78 is 5.19. The molecule has 1 rings (SSSR count). The summed E-state index contributed by atoms with van der Waals surface area (Å²) in [5.74, 6) is 0.680. The van der Waals surface area contributed by atoms with E-state index in [0.717, 1.165) is 23.3 Å². The van der Waals surface area contributed by atoms with Crippen LogP contribution in [0.25, 0.3) is 0 Å². The molecule has 0 aliphatic carbocycles. The number of aliphatic hydroxyl groups excluding tert-OH is 1. The zero-order valence-corrected chi connectivity index (χ0v) is 9.12. The van der Waals surface area contributed by atoms with Gasteiger partial charge in [0.05, 0.1) is 7.11 Å². The predicted molar refractivity (Wildman–Crippen MR) is 58.2 cm³/mol. The second kappa shape index (κ2) is 5.51. The molecule has 0 heterocycles. The SMILES string of the molecule is CCc1cc(CC(=O)CO)ccc1OC. The summed E-state index contributed by atoms with van der Waals surface area (Å²) in [7, 11) is 1.63. The number of rotatable bonds is 5. The molecule has 0 saturated carbocycles. The number of Topliss-reactive ketones (excluding diaryl/α,β-unsaturated/α-hetero) is 1. The van der Waals surface area contributed by atoms with Crippen LogP contribution in [0.2, 0.25) is 0 Å². The van der Waals surface area contributed by atoms with Crippen molar-refractivity contribution in [3.63, 3.8) is 0 Å². The van der Waals surface area contributed by atoms with Gasteiger partial charge in [0.15, 0.2) is 5.78 Å². The molecule has 0 atom stereocenters. The summed E-state index contributed by atoms with van der Waals surface area (Å²) >= 11 is 0. The number of carbonyl (C=O) groups excluding carboxylic acids is 1. The van der Waals surface area contributed by atoms with Crippen LogP contribution in [-0.4, -0.2) is 24.6 Å². The molecule has 82 valence electrons. The van der Waals surface area contributed by atoms with E-state index in [9.17, 15) is 4.79 Å². The largest absolute Gasteiger partial charge is 0.496 e. The van der Waals surface area contributed by atoms with Crippen molar-refractivity contribution in [2.75, 3.05) is 13.7 Å². The smallest absolute Gasteiger partial charge is 0.162 e. The summed E-state index contributed by atoms with van der Waals surface area (Å²) in [5.41, 5.74) is 2.01. The Labute approximate surface area is 89.7 Å².